The average Bonchev–Trinajstić information content (AvgIpc) is 2.98. The summed E-state index contributed by atoms with van der Waals surface area (Å²) in [6, 6.07) is 4.69. The van der Waals surface area contributed by atoms with Crippen molar-refractivity contribution < 1.29 is 14.7 Å². The van der Waals surface area contributed by atoms with Crippen LogP contribution in [0.2, 0.25) is 0 Å². The molecule has 0 aliphatic rings. The highest BCUT2D eigenvalue weighted by Gasteiger charge is 2.12. The van der Waals surface area contributed by atoms with Crippen LogP contribution in [0.4, 0.5) is 17.3 Å². The lowest BCUT2D eigenvalue weighted by molar-refractivity contribution is -0.118. The van der Waals surface area contributed by atoms with Crippen molar-refractivity contribution in [3.63, 3.8) is 0 Å². The molecule has 1 aromatic heterocycles. The van der Waals surface area contributed by atoms with Crippen LogP contribution in [0.3, 0.4) is 0 Å². The molecule has 0 saturated heterocycles. The molecule has 0 saturated carbocycles. The van der Waals surface area contributed by atoms with E-state index in [9.17, 15) is 14.7 Å². The number of aromatic amines is 1. The number of H-pyrrole nitrogens is 1. The number of amides is 2. The van der Waals surface area contributed by atoms with Gasteiger partial charge in [0.05, 0.1) is 0 Å². The van der Waals surface area contributed by atoms with E-state index in [1.54, 1.807) is 24.0 Å². The van der Waals surface area contributed by atoms with Crippen molar-refractivity contribution in [3.8, 4) is 5.75 Å². The number of anilines is 1. The lowest BCUT2D eigenvalue weighted by Crippen LogP contribution is -2.31. The number of hydrogen-bond acceptors (Lipinski definition) is 8. The molecule has 0 fully saturated rings. The summed E-state index contributed by atoms with van der Waals surface area (Å²) in [6.45, 7) is 2.31. The number of benzene rings is 1. The number of hydrogen-bond donors (Lipinski definition) is 4. The molecule has 2 amide bonds. The minimum atomic E-state index is -0.467. The number of azo groups is 1. The first-order chi connectivity index (χ1) is 12.3. The van der Waals surface area contributed by atoms with E-state index in [4.69, 9.17) is 11.5 Å². The van der Waals surface area contributed by atoms with Gasteiger partial charge >= 0.3 is 0 Å². The summed E-state index contributed by atoms with van der Waals surface area (Å²) in [6.07, 6.45) is 0.205. The van der Waals surface area contributed by atoms with Crippen LogP contribution in [0.15, 0.2) is 28.4 Å². The molecule has 11 nitrogen and oxygen atoms in total. The minimum Gasteiger partial charge on any atom is -0.506 e. The quantitative estimate of drug-likeness (QED) is 0.480. The van der Waals surface area contributed by atoms with Gasteiger partial charge in [-0.1, -0.05) is 0 Å². The first kappa shape index (κ1) is 18.8. The van der Waals surface area contributed by atoms with Crippen molar-refractivity contribution in [2.75, 3.05) is 18.0 Å². The zero-order valence-corrected chi connectivity index (χ0v) is 14.2. The van der Waals surface area contributed by atoms with Gasteiger partial charge in [0.2, 0.25) is 11.8 Å². The number of nitrogens with zero attached hydrogens (tertiary/aromatic N) is 5. The third-order valence-electron chi connectivity index (χ3n) is 3.41. The van der Waals surface area contributed by atoms with Gasteiger partial charge in [0.15, 0.2) is 0 Å². The molecule has 0 atom stereocenters. The Labute approximate surface area is 149 Å². The van der Waals surface area contributed by atoms with Crippen molar-refractivity contribution in [3.05, 3.63) is 24.0 Å². The highest BCUT2D eigenvalue weighted by Crippen LogP contribution is 2.32. The largest absolute Gasteiger partial charge is 0.506 e. The molecule has 138 valence electrons. The number of phenols is 1. The van der Waals surface area contributed by atoms with E-state index >= 15 is 0 Å². The maximum absolute atomic E-state index is 11.0. The van der Waals surface area contributed by atoms with E-state index in [2.05, 4.69) is 25.4 Å². The van der Waals surface area contributed by atoms with Crippen LogP contribution in [-0.2, 0) is 9.59 Å². The Hall–Kier alpha value is -3.50. The number of carbonyl (C=O) groups is 2. The maximum Gasteiger partial charge on any atom is 0.287 e. The lowest BCUT2D eigenvalue weighted by atomic mass is 10.2. The molecule has 0 radical (unpaired) electrons. The van der Waals surface area contributed by atoms with E-state index in [-0.39, 0.29) is 30.2 Å². The molecule has 0 spiro atoms. The molecule has 0 bridgehead atoms. The van der Waals surface area contributed by atoms with Crippen LogP contribution in [-0.4, -0.2) is 45.2 Å². The van der Waals surface area contributed by atoms with Gasteiger partial charge in [0, 0.05) is 37.7 Å². The molecular formula is C15H20N8O3. The Morgan fingerprint density at radius 3 is 2.35 bits per heavy atom. The topological polar surface area (TPSA) is 176 Å². The second kappa shape index (κ2) is 8.55. The first-order valence-corrected chi connectivity index (χ1v) is 7.80. The molecular weight excluding hydrogens is 340 g/mol. The Bertz CT molecular complexity index is 799. The van der Waals surface area contributed by atoms with E-state index in [1.807, 2.05) is 0 Å². The summed E-state index contributed by atoms with van der Waals surface area (Å²) < 4.78 is 0. The minimum absolute atomic E-state index is 0.102. The average molecular weight is 360 g/mol. The number of carbonyl (C=O) groups excluding carboxylic acids is 2. The van der Waals surface area contributed by atoms with Crippen molar-refractivity contribution in [1.82, 2.24) is 15.2 Å². The molecule has 1 aromatic carbocycles. The van der Waals surface area contributed by atoms with Crippen LogP contribution in [0.5, 0.6) is 5.75 Å². The van der Waals surface area contributed by atoms with Crippen LogP contribution in [0, 0.1) is 6.92 Å². The molecule has 6 N–H and O–H groups in total. The number of nitrogens with one attached hydrogen (secondary N) is 1. The summed E-state index contributed by atoms with van der Waals surface area (Å²) in [5.74, 6) is -0.314. The second-order valence-corrected chi connectivity index (χ2v) is 5.51. The number of aryl methyl sites for hydroxylation is 1. The standard InChI is InChI=1S/C15H20N8O3/c1-9-18-15(21-19-9)22-20-11-3-2-10(8-12(11)24)23(6-4-13(16)25)7-5-14(17)26/h2-3,8,24H,4-7H2,1H3,(H2,16,25)(H2,17,26)(H,18,19,21). The normalized spacial score (nSPS) is 11.0. The molecule has 2 rings (SSSR count). The molecule has 26 heavy (non-hydrogen) atoms. The zero-order valence-electron chi connectivity index (χ0n) is 14.2. The van der Waals surface area contributed by atoms with E-state index in [0.29, 0.717) is 24.6 Å². The molecule has 1 heterocycles. The molecule has 0 aliphatic heterocycles. The number of aromatic nitrogens is 3. The van der Waals surface area contributed by atoms with Gasteiger partial charge in [-0.25, -0.2) is 0 Å². The first-order valence-electron chi connectivity index (χ1n) is 7.80. The fraction of sp³-hybridized carbons (Fsp3) is 0.333. The van der Waals surface area contributed by atoms with Gasteiger partial charge in [-0.15, -0.1) is 15.3 Å². The van der Waals surface area contributed by atoms with Crippen LogP contribution in [0.1, 0.15) is 18.7 Å². The van der Waals surface area contributed by atoms with E-state index < -0.39 is 11.8 Å². The monoisotopic (exact) mass is 360 g/mol. The van der Waals surface area contributed by atoms with Crippen molar-refractivity contribution in [1.29, 1.82) is 0 Å². The molecule has 2 aromatic rings. The van der Waals surface area contributed by atoms with Crippen LogP contribution >= 0.6 is 0 Å². The van der Waals surface area contributed by atoms with Gasteiger partial charge < -0.3 is 21.5 Å². The maximum atomic E-state index is 11.0. The van der Waals surface area contributed by atoms with Crippen molar-refractivity contribution >= 4 is 29.1 Å². The Kier molecular flexibility index (Phi) is 6.20. The smallest absolute Gasteiger partial charge is 0.287 e. The van der Waals surface area contributed by atoms with Gasteiger partial charge in [-0.2, -0.15) is 4.98 Å². The van der Waals surface area contributed by atoms with Crippen LogP contribution in [0.25, 0.3) is 0 Å². The molecule has 0 aliphatic carbocycles. The van der Waals surface area contributed by atoms with E-state index in [1.165, 1.54) is 6.07 Å². The van der Waals surface area contributed by atoms with E-state index in [0.717, 1.165) is 0 Å². The number of primary amides is 2. The van der Waals surface area contributed by atoms with Gasteiger partial charge in [0.1, 0.15) is 17.3 Å². The fourth-order valence-electron chi connectivity index (χ4n) is 2.13. The van der Waals surface area contributed by atoms with Gasteiger partial charge in [-0.05, 0) is 19.1 Å². The van der Waals surface area contributed by atoms with Crippen LogP contribution < -0.4 is 16.4 Å². The third-order valence-corrected chi connectivity index (χ3v) is 3.41. The van der Waals surface area contributed by atoms with Crippen molar-refractivity contribution in [2.45, 2.75) is 19.8 Å². The highest BCUT2D eigenvalue weighted by molar-refractivity contribution is 5.76. The van der Waals surface area contributed by atoms with Crippen molar-refractivity contribution in [2.24, 2.45) is 21.7 Å². The Balaban J connectivity index is 2.16. The highest BCUT2D eigenvalue weighted by atomic mass is 16.3. The number of phenolic OH excluding ortho intramolecular Hbond substituents is 1. The fourth-order valence-corrected chi connectivity index (χ4v) is 2.13. The van der Waals surface area contributed by atoms with Gasteiger partial charge in [0.25, 0.3) is 5.95 Å². The lowest BCUT2D eigenvalue weighted by Gasteiger charge is -2.24. The Morgan fingerprint density at radius 1 is 1.19 bits per heavy atom. The SMILES string of the molecule is Cc1nc(N=Nc2ccc(N(CCC(N)=O)CCC(N)=O)cc2O)n[nH]1. The predicted molar refractivity (Wildman–Crippen MR) is 93.2 cm³/mol. The second-order valence-electron chi connectivity index (χ2n) is 5.51. The summed E-state index contributed by atoms with van der Waals surface area (Å²) >= 11 is 0. The third kappa shape index (κ3) is 5.54. The summed E-state index contributed by atoms with van der Waals surface area (Å²) in [5.41, 5.74) is 11.2. The summed E-state index contributed by atoms with van der Waals surface area (Å²) in [5, 5.41) is 24.3. The summed E-state index contributed by atoms with van der Waals surface area (Å²) in [7, 11) is 0. The Morgan fingerprint density at radius 2 is 1.85 bits per heavy atom. The zero-order chi connectivity index (χ0) is 19.1. The number of nitrogens with two attached hydrogens (primary N) is 2. The summed E-state index contributed by atoms with van der Waals surface area (Å²) in [4.78, 5) is 27.8. The number of rotatable bonds is 9. The predicted octanol–water partition coefficient (Wildman–Crippen LogP) is 0.791. The molecule has 0 unspecified atom stereocenters. The molecule has 11 heteroatoms. The number of aromatic hydroxyl groups is 1. The van der Waals surface area contributed by atoms with Gasteiger partial charge in [-0.3, -0.25) is 14.7 Å².